The van der Waals surface area contributed by atoms with Crippen molar-refractivity contribution in [3.05, 3.63) is 28.8 Å². The van der Waals surface area contributed by atoms with Crippen LogP contribution >= 0.6 is 0 Å². The minimum atomic E-state index is -0.0809. The highest BCUT2D eigenvalue weighted by molar-refractivity contribution is 5.97. The Balaban J connectivity index is 3.45. The Hall–Kier alpha value is -1.82. The first-order valence-corrected chi connectivity index (χ1v) is 5.35. The van der Waals surface area contributed by atoms with E-state index in [0.29, 0.717) is 23.5 Å². The molecule has 0 radical (unpaired) electrons. The smallest absolute Gasteiger partial charge is 0.163 e. The zero-order valence-electron chi connectivity index (χ0n) is 9.83. The molecular formula is C13H15NO2. The molecule has 16 heavy (non-hydrogen) atoms. The molecule has 0 N–H and O–H groups in total. The zero-order valence-corrected chi connectivity index (χ0v) is 9.83. The van der Waals surface area contributed by atoms with E-state index in [1.54, 1.807) is 6.07 Å². The number of aryl methyl sites for hydroxylation is 1. The number of hydrogen-bond acceptors (Lipinski definition) is 3. The molecule has 0 heterocycles. The molecule has 3 nitrogen and oxygen atoms in total. The van der Waals surface area contributed by atoms with E-state index in [2.05, 4.69) is 6.07 Å². The SMILES string of the molecule is CCOc1c(C(C)=O)ccc(CC)c1C#N. The molecule has 0 saturated carbocycles. The van der Waals surface area contributed by atoms with Gasteiger partial charge < -0.3 is 4.74 Å². The summed E-state index contributed by atoms with van der Waals surface area (Å²) in [6, 6.07) is 5.66. The normalized spacial score (nSPS) is 9.62. The summed E-state index contributed by atoms with van der Waals surface area (Å²) in [5, 5.41) is 9.12. The molecule has 0 aliphatic heterocycles. The van der Waals surface area contributed by atoms with Crippen LogP contribution in [0.3, 0.4) is 0 Å². The fourth-order valence-corrected chi connectivity index (χ4v) is 1.61. The average molecular weight is 217 g/mol. The molecule has 0 unspecified atom stereocenters. The van der Waals surface area contributed by atoms with Gasteiger partial charge in [-0.25, -0.2) is 0 Å². The van der Waals surface area contributed by atoms with Gasteiger partial charge in [-0.05, 0) is 31.9 Å². The van der Waals surface area contributed by atoms with Crippen LogP contribution in [-0.4, -0.2) is 12.4 Å². The number of carbonyl (C=O) groups excluding carboxylic acids is 1. The van der Waals surface area contributed by atoms with Gasteiger partial charge in [0, 0.05) is 0 Å². The molecule has 0 fully saturated rings. The Morgan fingerprint density at radius 3 is 2.56 bits per heavy atom. The Morgan fingerprint density at radius 2 is 2.12 bits per heavy atom. The monoisotopic (exact) mass is 217 g/mol. The number of rotatable bonds is 4. The first-order valence-electron chi connectivity index (χ1n) is 5.35. The molecule has 3 heteroatoms. The molecule has 0 saturated heterocycles. The van der Waals surface area contributed by atoms with Crippen LogP contribution in [0.2, 0.25) is 0 Å². The molecule has 1 aromatic carbocycles. The highest BCUT2D eigenvalue weighted by Crippen LogP contribution is 2.27. The van der Waals surface area contributed by atoms with Crippen LogP contribution in [0, 0.1) is 11.3 Å². The van der Waals surface area contributed by atoms with Gasteiger partial charge in [-0.2, -0.15) is 5.26 Å². The van der Waals surface area contributed by atoms with Crippen LogP contribution in [0.25, 0.3) is 0 Å². The van der Waals surface area contributed by atoms with Crippen LogP contribution < -0.4 is 4.74 Å². The maximum atomic E-state index is 11.4. The number of carbonyl (C=O) groups is 1. The summed E-state index contributed by atoms with van der Waals surface area (Å²) < 4.78 is 5.42. The number of hydrogen-bond donors (Lipinski definition) is 0. The molecule has 0 aromatic heterocycles. The van der Waals surface area contributed by atoms with Crippen LogP contribution in [0.1, 0.15) is 42.3 Å². The van der Waals surface area contributed by atoms with Gasteiger partial charge >= 0.3 is 0 Å². The van der Waals surface area contributed by atoms with Gasteiger partial charge in [-0.1, -0.05) is 13.0 Å². The van der Waals surface area contributed by atoms with Crippen LogP contribution in [-0.2, 0) is 6.42 Å². The lowest BCUT2D eigenvalue weighted by molar-refractivity contribution is 0.101. The fraction of sp³-hybridized carbons (Fsp3) is 0.385. The highest BCUT2D eigenvalue weighted by Gasteiger charge is 2.16. The van der Waals surface area contributed by atoms with Crippen molar-refractivity contribution in [3.63, 3.8) is 0 Å². The third-order valence-electron chi connectivity index (χ3n) is 2.40. The first-order chi connectivity index (χ1) is 7.65. The van der Waals surface area contributed by atoms with Gasteiger partial charge in [0.15, 0.2) is 5.78 Å². The topological polar surface area (TPSA) is 50.1 Å². The molecule has 0 amide bonds. The van der Waals surface area contributed by atoms with Crippen molar-refractivity contribution in [1.29, 1.82) is 5.26 Å². The van der Waals surface area contributed by atoms with Crippen molar-refractivity contribution in [1.82, 2.24) is 0 Å². The molecule has 0 spiro atoms. The minimum Gasteiger partial charge on any atom is -0.492 e. The van der Waals surface area contributed by atoms with E-state index in [4.69, 9.17) is 10.00 Å². The lowest BCUT2D eigenvalue weighted by atomic mass is 9.99. The quantitative estimate of drug-likeness (QED) is 0.728. The number of benzene rings is 1. The summed E-state index contributed by atoms with van der Waals surface area (Å²) in [6.07, 6.45) is 0.751. The molecule has 0 aliphatic rings. The summed E-state index contributed by atoms with van der Waals surface area (Å²) in [4.78, 5) is 11.4. The van der Waals surface area contributed by atoms with Gasteiger partial charge in [-0.3, -0.25) is 4.79 Å². The van der Waals surface area contributed by atoms with E-state index >= 15 is 0 Å². The van der Waals surface area contributed by atoms with E-state index in [1.807, 2.05) is 19.9 Å². The predicted octanol–water partition coefficient (Wildman–Crippen LogP) is 2.72. The summed E-state index contributed by atoms with van der Waals surface area (Å²) in [5.41, 5.74) is 1.88. The van der Waals surface area contributed by atoms with Gasteiger partial charge in [0.05, 0.1) is 17.7 Å². The van der Waals surface area contributed by atoms with Crippen molar-refractivity contribution >= 4 is 5.78 Å². The largest absolute Gasteiger partial charge is 0.492 e. The fourth-order valence-electron chi connectivity index (χ4n) is 1.61. The third kappa shape index (κ3) is 2.22. The van der Waals surface area contributed by atoms with E-state index in [0.717, 1.165) is 12.0 Å². The zero-order chi connectivity index (χ0) is 12.1. The van der Waals surface area contributed by atoms with E-state index < -0.39 is 0 Å². The molecule has 0 bridgehead atoms. The number of ketones is 1. The van der Waals surface area contributed by atoms with Crippen LogP contribution in [0.15, 0.2) is 12.1 Å². The van der Waals surface area contributed by atoms with Crippen LogP contribution in [0.4, 0.5) is 0 Å². The van der Waals surface area contributed by atoms with Gasteiger partial charge in [0.2, 0.25) is 0 Å². The maximum Gasteiger partial charge on any atom is 0.163 e. The second-order valence-electron chi connectivity index (χ2n) is 3.43. The summed E-state index contributed by atoms with van der Waals surface area (Å²) in [6.45, 7) is 5.73. The second-order valence-corrected chi connectivity index (χ2v) is 3.43. The summed E-state index contributed by atoms with van der Waals surface area (Å²) >= 11 is 0. The summed E-state index contributed by atoms with van der Waals surface area (Å²) in [7, 11) is 0. The van der Waals surface area contributed by atoms with Gasteiger partial charge in [-0.15, -0.1) is 0 Å². The van der Waals surface area contributed by atoms with Crippen molar-refractivity contribution < 1.29 is 9.53 Å². The van der Waals surface area contributed by atoms with Gasteiger partial charge in [0.25, 0.3) is 0 Å². The number of nitrogens with zero attached hydrogens (tertiary/aromatic N) is 1. The number of Topliss-reactive ketones (excluding diaryl/α,β-unsaturated/α-hetero) is 1. The molecule has 1 aromatic rings. The van der Waals surface area contributed by atoms with E-state index in [1.165, 1.54) is 6.92 Å². The van der Waals surface area contributed by atoms with Crippen molar-refractivity contribution in [2.75, 3.05) is 6.61 Å². The Bertz CT molecular complexity index is 444. The van der Waals surface area contributed by atoms with Gasteiger partial charge in [0.1, 0.15) is 11.8 Å². The van der Waals surface area contributed by atoms with Crippen molar-refractivity contribution in [3.8, 4) is 11.8 Å². The summed E-state index contributed by atoms with van der Waals surface area (Å²) in [5.74, 6) is 0.347. The minimum absolute atomic E-state index is 0.0809. The molecule has 1 rings (SSSR count). The van der Waals surface area contributed by atoms with Crippen molar-refractivity contribution in [2.45, 2.75) is 27.2 Å². The number of ether oxygens (including phenoxy) is 1. The molecule has 0 aliphatic carbocycles. The lowest BCUT2D eigenvalue weighted by Gasteiger charge is -2.12. The standard InChI is InChI=1S/C13H15NO2/c1-4-10-6-7-11(9(3)15)13(16-5-2)12(10)8-14/h6-7H,4-5H2,1-3H3. The molecular weight excluding hydrogens is 202 g/mol. The average Bonchev–Trinajstić information content (AvgIpc) is 2.28. The maximum absolute atomic E-state index is 11.4. The Morgan fingerprint density at radius 1 is 1.44 bits per heavy atom. The third-order valence-corrected chi connectivity index (χ3v) is 2.40. The lowest BCUT2D eigenvalue weighted by Crippen LogP contribution is -2.05. The van der Waals surface area contributed by atoms with Crippen LogP contribution in [0.5, 0.6) is 5.75 Å². The Labute approximate surface area is 95.7 Å². The highest BCUT2D eigenvalue weighted by atomic mass is 16.5. The molecule has 84 valence electrons. The number of nitriles is 1. The molecule has 0 atom stereocenters. The van der Waals surface area contributed by atoms with E-state index in [9.17, 15) is 4.79 Å². The Kier molecular flexibility index (Phi) is 4.07. The second kappa shape index (κ2) is 5.32. The first kappa shape index (κ1) is 12.3. The van der Waals surface area contributed by atoms with E-state index in [-0.39, 0.29) is 5.78 Å². The van der Waals surface area contributed by atoms with Crippen molar-refractivity contribution in [2.24, 2.45) is 0 Å². The predicted molar refractivity (Wildman–Crippen MR) is 61.7 cm³/mol.